The number of Topliss-reactive ketones (excluding diaryl/α,β-unsaturated/α-hetero) is 1. The Balaban J connectivity index is 2.21. The predicted octanol–water partition coefficient (Wildman–Crippen LogP) is 6.35. The zero-order chi connectivity index (χ0) is 18.0. The summed E-state index contributed by atoms with van der Waals surface area (Å²) in [4.78, 5) is 24.4. The van der Waals surface area contributed by atoms with E-state index < -0.39 is 0 Å². The van der Waals surface area contributed by atoms with Crippen LogP contribution in [0.1, 0.15) is 98.3 Å². The summed E-state index contributed by atoms with van der Waals surface area (Å²) in [5.74, 6) is 0.0552. The number of carbonyl (C=O) groups is 2. The molecule has 0 aromatic rings. The highest BCUT2D eigenvalue weighted by Crippen LogP contribution is 2.31. The van der Waals surface area contributed by atoms with Gasteiger partial charge >= 0.3 is 0 Å². The van der Waals surface area contributed by atoms with E-state index >= 15 is 0 Å². The monoisotopic (exact) mass is 332 g/mol. The number of unbranched alkanes of at least 4 members (excludes halogenated alkanes) is 9. The molecule has 136 valence electrons. The summed E-state index contributed by atoms with van der Waals surface area (Å²) in [7, 11) is 0. The molecule has 0 atom stereocenters. The Morgan fingerprint density at radius 1 is 0.750 bits per heavy atom. The molecular formula is C22H36O2. The third kappa shape index (κ3) is 7.59. The SMILES string of the molecule is CCCCCCCCCCCCC1=CC(=O)C=C(C(C)(C)C)C1=O. The van der Waals surface area contributed by atoms with Gasteiger partial charge in [0.25, 0.3) is 0 Å². The van der Waals surface area contributed by atoms with Gasteiger partial charge < -0.3 is 0 Å². The van der Waals surface area contributed by atoms with Crippen LogP contribution in [0.3, 0.4) is 0 Å². The van der Waals surface area contributed by atoms with Gasteiger partial charge in [0.15, 0.2) is 11.6 Å². The van der Waals surface area contributed by atoms with E-state index in [1.54, 1.807) is 6.08 Å². The molecule has 0 saturated carbocycles. The van der Waals surface area contributed by atoms with Gasteiger partial charge in [-0.15, -0.1) is 0 Å². The normalized spacial score (nSPS) is 15.5. The first-order valence-electron chi connectivity index (χ1n) is 9.87. The van der Waals surface area contributed by atoms with E-state index in [0.29, 0.717) is 11.1 Å². The summed E-state index contributed by atoms with van der Waals surface area (Å²) in [5, 5.41) is 0. The maximum absolute atomic E-state index is 12.5. The molecule has 0 heterocycles. The van der Waals surface area contributed by atoms with Crippen molar-refractivity contribution in [2.24, 2.45) is 5.41 Å². The highest BCUT2D eigenvalue weighted by molar-refractivity contribution is 6.20. The summed E-state index contributed by atoms with van der Waals surface area (Å²) < 4.78 is 0. The van der Waals surface area contributed by atoms with Crippen LogP contribution in [0.15, 0.2) is 23.3 Å². The maximum Gasteiger partial charge on any atom is 0.185 e. The van der Waals surface area contributed by atoms with Gasteiger partial charge in [-0.3, -0.25) is 9.59 Å². The van der Waals surface area contributed by atoms with Crippen LogP contribution in [-0.2, 0) is 9.59 Å². The first-order chi connectivity index (χ1) is 11.4. The standard InChI is InChI=1S/C22H36O2/c1-5-6-7-8-9-10-11-12-13-14-15-18-16-19(23)17-20(21(18)24)22(2,3)4/h16-17H,5-15H2,1-4H3. The van der Waals surface area contributed by atoms with Crippen LogP contribution < -0.4 is 0 Å². The molecule has 24 heavy (non-hydrogen) atoms. The van der Waals surface area contributed by atoms with E-state index in [4.69, 9.17) is 0 Å². The summed E-state index contributed by atoms with van der Waals surface area (Å²) in [5.41, 5.74) is 1.12. The fourth-order valence-electron chi connectivity index (χ4n) is 3.21. The molecule has 0 saturated heterocycles. The molecule has 1 rings (SSSR count). The molecule has 0 N–H and O–H groups in total. The third-order valence-electron chi connectivity index (χ3n) is 4.75. The van der Waals surface area contributed by atoms with Gasteiger partial charge in [0.1, 0.15) is 0 Å². The Hall–Kier alpha value is -1.18. The van der Waals surface area contributed by atoms with Crippen molar-refractivity contribution in [2.75, 3.05) is 0 Å². The van der Waals surface area contributed by atoms with Crippen LogP contribution >= 0.6 is 0 Å². The first kappa shape index (κ1) is 20.9. The van der Waals surface area contributed by atoms with Gasteiger partial charge in [-0.25, -0.2) is 0 Å². The second-order valence-electron chi connectivity index (χ2n) is 8.14. The molecule has 0 amide bonds. The Bertz CT molecular complexity index is 475. The molecular weight excluding hydrogens is 296 g/mol. The molecule has 0 aromatic heterocycles. The van der Waals surface area contributed by atoms with Crippen molar-refractivity contribution in [1.82, 2.24) is 0 Å². The number of ketones is 2. The molecule has 2 nitrogen and oxygen atoms in total. The van der Waals surface area contributed by atoms with Crippen molar-refractivity contribution in [3.05, 3.63) is 23.3 Å². The third-order valence-corrected chi connectivity index (χ3v) is 4.75. The van der Waals surface area contributed by atoms with Crippen LogP contribution in [0.25, 0.3) is 0 Å². The fraction of sp³-hybridized carbons (Fsp3) is 0.727. The summed E-state index contributed by atoms with van der Waals surface area (Å²) in [6.07, 6.45) is 16.6. The summed E-state index contributed by atoms with van der Waals surface area (Å²) in [6, 6.07) is 0. The van der Waals surface area contributed by atoms with Gasteiger partial charge in [-0.05, 0) is 30.4 Å². The van der Waals surface area contributed by atoms with Gasteiger partial charge in [-0.1, -0.05) is 85.5 Å². The molecule has 0 radical (unpaired) electrons. The number of hydrogen-bond acceptors (Lipinski definition) is 2. The summed E-state index contributed by atoms with van der Waals surface area (Å²) in [6.45, 7) is 8.23. The van der Waals surface area contributed by atoms with E-state index in [0.717, 1.165) is 19.3 Å². The molecule has 0 fully saturated rings. The smallest absolute Gasteiger partial charge is 0.185 e. The quantitative estimate of drug-likeness (QED) is 0.326. The molecule has 0 aromatic carbocycles. The lowest BCUT2D eigenvalue weighted by Gasteiger charge is -2.24. The van der Waals surface area contributed by atoms with E-state index in [1.807, 2.05) is 20.8 Å². The Labute approximate surface area is 148 Å². The lowest BCUT2D eigenvalue weighted by Crippen LogP contribution is -2.24. The van der Waals surface area contributed by atoms with Crippen LogP contribution in [0.5, 0.6) is 0 Å². The van der Waals surface area contributed by atoms with E-state index in [-0.39, 0.29) is 17.0 Å². The molecule has 1 aliphatic rings. The minimum atomic E-state index is -0.260. The summed E-state index contributed by atoms with van der Waals surface area (Å²) >= 11 is 0. The van der Waals surface area contributed by atoms with Gasteiger partial charge in [0.2, 0.25) is 0 Å². The number of carbonyl (C=O) groups excluding carboxylic acids is 2. The Morgan fingerprint density at radius 3 is 1.75 bits per heavy atom. The van der Waals surface area contributed by atoms with Crippen LogP contribution in [0.4, 0.5) is 0 Å². The molecule has 0 aliphatic heterocycles. The zero-order valence-corrected chi connectivity index (χ0v) is 16.2. The average molecular weight is 333 g/mol. The van der Waals surface area contributed by atoms with Crippen molar-refractivity contribution in [2.45, 2.75) is 98.3 Å². The highest BCUT2D eigenvalue weighted by atomic mass is 16.1. The van der Waals surface area contributed by atoms with Crippen molar-refractivity contribution in [3.63, 3.8) is 0 Å². The lowest BCUT2D eigenvalue weighted by atomic mass is 9.78. The minimum Gasteiger partial charge on any atom is -0.290 e. The first-order valence-corrected chi connectivity index (χ1v) is 9.87. The second kappa shape index (κ2) is 10.6. The second-order valence-corrected chi connectivity index (χ2v) is 8.14. The van der Waals surface area contributed by atoms with Gasteiger partial charge in [0, 0.05) is 11.1 Å². The number of rotatable bonds is 11. The maximum atomic E-state index is 12.5. The van der Waals surface area contributed by atoms with E-state index in [2.05, 4.69) is 6.92 Å². The fourth-order valence-corrected chi connectivity index (χ4v) is 3.21. The molecule has 2 heteroatoms. The van der Waals surface area contributed by atoms with Crippen molar-refractivity contribution in [1.29, 1.82) is 0 Å². The average Bonchev–Trinajstić information content (AvgIpc) is 2.51. The van der Waals surface area contributed by atoms with Crippen molar-refractivity contribution in [3.8, 4) is 0 Å². The van der Waals surface area contributed by atoms with Crippen molar-refractivity contribution >= 4 is 11.6 Å². The number of hydrogen-bond donors (Lipinski definition) is 0. The molecule has 1 aliphatic carbocycles. The highest BCUT2D eigenvalue weighted by Gasteiger charge is 2.29. The van der Waals surface area contributed by atoms with Crippen LogP contribution in [0.2, 0.25) is 0 Å². The van der Waals surface area contributed by atoms with Crippen LogP contribution in [-0.4, -0.2) is 11.6 Å². The molecule has 0 unspecified atom stereocenters. The van der Waals surface area contributed by atoms with Crippen molar-refractivity contribution < 1.29 is 9.59 Å². The lowest BCUT2D eigenvalue weighted by molar-refractivity contribution is -0.116. The number of allylic oxidation sites excluding steroid dienone is 4. The largest absolute Gasteiger partial charge is 0.290 e. The van der Waals surface area contributed by atoms with E-state index in [1.165, 1.54) is 57.4 Å². The van der Waals surface area contributed by atoms with E-state index in [9.17, 15) is 9.59 Å². The van der Waals surface area contributed by atoms with Gasteiger partial charge in [0.05, 0.1) is 0 Å². The predicted molar refractivity (Wildman–Crippen MR) is 102 cm³/mol. The topological polar surface area (TPSA) is 34.1 Å². The van der Waals surface area contributed by atoms with Crippen LogP contribution in [0, 0.1) is 5.41 Å². The Kier molecular flexibility index (Phi) is 9.25. The Morgan fingerprint density at radius 2 is 1.25 bits per heavy atom. The zero-order valence-electron chi connectivity index (χ0n) is 16.2. The van der Waals surface area contributed by atoms with Gasteiger partial charge in [-0.2, -0.15) is 0 Å². The molecule has 0 spiro atoms. The molecule has 0 bridgehead atoms. The minimum absolute atomic E-state index is 0.0263.